The van der Waals surface area contributed by atoms with Crippen molar-refractivity contribution in [3.05, 3.63) is 47.7 Å². The fraction of sp³-hybridized carbons (Fsp3) is 0.480. The molecule has 1 aromatic carbocycles. The summed E-state index contributed by atoms with van der Waals surface area (Å²) in [6, 6.07) is 9.53. The van der Waals surface area contributed by atoms with E-state index in [4.69, 9.17) is 19.2 Å². The summed E-state index contributed by atoms with van der Waals surface area (Å²) >= 11 is 0. The number of aromatic nitrogens is 1. The maximum atomic E-state index is 12.4. The van der Waals surface area contributed by atoms with Gasteiger partial charge >= 0.3 is 12.1 Å². The van der Waals surface area contributed by atoms with Crippen LogP contribution in [0.1, 0.15) is 57.8 Å². The number of fused-ring (bicyclic) bond motifs is 1. The van der Waals surface area contributed by atoms with Crippen molar-refractivity contribution >= 4 is 29.0 Å². The summed E-state index contributed by atoms with van der Waals surface area (Å²) in [4.78, 5) is 29.3. The first-order valence-corrected chi connectivity index (χ1v) is 10.9. The molecular formula is C25H32N2O5. The monoisotopic (exact) mass is 440 g/mol. The highest BCUT2D eigenvalue weighted by molar-refractivity contribution is 5.83. The second-order valence-corrected chi connectivity index (χ2v) is 9.15. The summed E-state index contributed by atoms with van der Waals surface area (Å²) in [5, 5.41) is 3.81. The van der Waals surface area contributed by atoms with Crippen LogP contribution in [0.5, 0.6) is 0 Å². The molecule has 1 aliphatic rings. The number of nitrogens with zero attached hydrogens (tertiary/aromatic N) is 1. The molecular weight excluding hydrogens is 408 g/mol. The van der Waals surface area contributed by atoms with Crippen LogP contribution in [0.15, 0.2) is 36.4 Å². The highest BCUT2D eigenvalue weighted by Gasteiger charge is 2.38. The van der Waals surface area contributed by atoms with Gasteiger partial charge in [0, 0.05) is 18.6 Å². The van der Waals surface area contributed by atoms with Gasteiger partial charge in [-0.2, -0.15) is 0 Å². The third kappa shape index (κ3) is 5.85. The van der Waals surface area contributed by atoms with Crippen LogP contribution in [0.25, 0.3) is 17.0 Å². The van der Waals surface area contributed by atoms with Gasteiger partial charge in [0.05, 0.1) is 29.8 Å². The van der Waals surface area contributed by atoms with Crippen LogP contribution in [0.2, 0.25) is 0 Å². The normalized spacial score (nSPS) is 17.2. The minimum atomic E-state index is -0.664. The zero-order chi connectivity index (χ0) is 23.4. The number of carbonyl (C=O) groups excluding carboxylic acids is 2. The lowest BCUT2D eigenvalue weighted by molar-refractivity contribution is -0.154. The van der Waals surface area contributed by atoms with Gasteiger partial charge in [0.25, 0.3) is 0 Å². The molecule has 0 spiro atoms. The van der Waals surface area contributed by atoms with Crippen molar-refractivity contribution in [3.63, 3.8) is 0 Å². The standard InChI is InChI=1S/C25H32N2O5/c1-17(26-23(29)32-24(2,3)4)20-9-8-19-7-6-18(16-21(19)27-20)10-11-25(22(28)30-5)12-14-31-15-13-25/h6-11,16-17H,12-15H2,1-5H3,(H,26,29)/b11-10+/t17-/m1/s1. The highest BCUT2D eigenvalue weighted by atomic mass is 16.6. The van der Waals surface area contributed by atoms with Crippen molar-refractivity contribution in [2.45, 2.75) is 52.2 Å². The fourth-order valence-corrected chi connectivity index (χ4v) is 3.69. The Balaban J connectivity index is 1.81. The fourth-order valence-electron chi connectivity index (χ4n) is 3.69. The zero-order valence-corrected chi connectivity index (χ0v) is 19.4. The number of hydrogen-bond donors (Lipinski definition) is 1. The molecule has 1 aromatic heterocycles. The van der Waals surface area contributed by atoms with E-state index in [1.165, 1.54) is 7.11 Å². The minimum Gasteiger partial charge on any atom is -0.468 e. The third-order valence-corrected chi connectivity index (χ3v) is 5.49. The van der Waals surface area contributed by atoms with Crippen molar-refractivity contribution in [1.82, 2.24) is 10.3 Å². The molecule has 0 radical (unpaired) electrons. The number of methoxy groups -OCH3 is 1. The smallest absolute Gasteiger partial charge is 0.408 e. The minimum absolute atomic E-state index is 0.236. The maximum Gasteiger partial charge on any atom is 0.408 e. The Morgan fingerprint density at radius 1 is 1.19 bits per heavy atom. The van der Waals surface area contributed by atoms with Crippen LogP contribution < -0.4 is 5.32 Å². The van der Waals surface area contributed by atoms with E-state index in [2.05, 4.69) is 5.32 Å². The van der Waals surface area contributed by atoms with Gasteiger partial charge in [-0.3, -0.25) is 9.78 Å². The average Bonchev–Trinajstić information content (AvgIpc) is 2.75. The Kier molecular flexibility index (Phi) is 7.19. The van der Waals surface area contributed by atoms with Crippen molar-refractivity contribution in [1.29, 1.82) is 0 Å². The predicted octanol–water partition coefficient (Wildman–Crippen LogP) is 4.80. The van der Waals surface area contributed by atoms with Crippen molar-refractivity contribution in [2.24, 2.45) is 5.41 Å². The van der Waals surface area contributed by atoms with Gasteiger partial charge in [0.2, 0.25) is 0 Å². The van der Waals surface area contributed by atoms with Gasteiger partial charge in [-0.15, -0.1) is 0 Å². The highest BCUT2D eigenvalue weighted by Crippen LogP contribution is 2.34. The Hall–Kier alpha value is -2.93. The number of esters is 1. The number of ether oxygens (including phenoxy) is 3. The number of carbonyl (C=O) groups is 2. The number of pyridine rings is 1. The Morgan fingerprint density at radius 2 is 1.88 bits per heavy atom. The van der Waals surface area contributed by atoms with Crippen LogP contribution in [0.3, 0.4) is 0 Å². The van der Waals surface area contributed by atoms with Gasteiger partial charge in [0.1, 0.15) is 5.60 Å². The van der Waals surface area contributed by atoms with E-state index in [0.717, 1.165) is 22.2 Å². The molecule has 32 heavy (non-hydrogen) atoms. The van der Waals surface area contributed by atoms with E-state index < -0.39 is 17.1 Å². The Morgan fingerprint density at radius 3 is 2.53 bits per heavy atom. The molecule has 1 N–H and O–H groups in total. The molecule has 0 unspecified atom stereocenters. The van der Waals surface area contributed by atoms with E-state index >= 15 is 0 Å². The number of amides is 1. The van der Waals surface area contributed by atoms with Gasteiger partial charge in [0.15, 0.2) is 0 Å². The van der Waals surface area contributed by atoms with Crippen LogP contribution in [0.4, 0.5) is 4.79 Å². The predicted molar refractivity (Wildman–Crippen MR) is 123 cm³/mol. The molecule has 1 fully saturated rings. The van der Waals surface area contributed by atoms with Gasteiger partial charge in [-0.1, -0.05) is 30.4 Å². The second kappa shape index (κ2) is 9.69. The van der Waals surface area contributed by atoms with Gasteiger partial charge < -0.3 is 19.5 Å². The Bertz CT molecular complexity index is 1000. The summed E-state index contributed by atoms with van der Waals surface area (Å²) in [6.45, 7) is 8.41. The summed E-state index contributed by atoms with van der Waals surface area (Å²) in [7, 11) is 1.42. The van der Waals surface area contributed by atoms with Crippen molar-refractivity contribution in [3.8, 4) is 0 Å². The van der Waals surface area contributed by atoms with Crippen molar-refractivity contribution < 1.29 is 23.8 Å². The molecule has 1 amide bonds. The molecule has 7 heteroatoms. The van der Waals surface area contributed by atoms with E-state index in [1.54, 1.807) is 0 Å². The van der Waals surface area contributed by atoms with E-state index in [1.807, 2.05) is 70.2 Å². The molecule has 3 rings (SSSR count). The van der Waals surface area contributed by atoms with Gasteiger partial charge in [-0.05, 0) is 58.2 Å². The molecule has 172 valence electrons. The number of alkyl carbamates (subject to hydrolysis) is 1. The van der Waals surface area contributed by atoms with Crippen molar-refractivity contribution in [2.75, 3.05) is 20.3 Å². The zero-order valence-electron chi connectivity index (χ0n) is 19.4. The molecule has 2 heterocycles. The number of benzene rings is 1. The van der Waals surface area contributed by atoms with E-state index in [-0.39, 0.29) is 12.0 Å². The van der Waals surface area contributed by atoms with E-state index in [9.17, 15) is 9.59 Å². The third-order valence-electron chi connectivity index (χ3n) is 5.49. The van der Waals surface area contributed by atoms with Crippen LogP contribution in [-0.4, -0.2) is 43.0 Å². The largest absolute Gasteiger partial charge is 0.468 e. The lowest BCUT2D eigenvalue weighted by atomic mass is 9.79. The lowest BCUT2D eigenvalue weighted by Gasteiger charge is -2.31. The quantitative estimate of drug-likeness (QED) is 0.672. The van der Waals surface area contributed by atoms with Gasteiger partial charge in [-0.25, -0.2) is 4.79 Å². The van der Waals surface area contributed by atoms with Crippen LogP contribution in [0, 0.1) is 5.41 Å². The topological polar surface area (TPSA) is 86.8 Å². The number of hydrogen-bond acceptors (Lipinski definition) is 6. The summed E-state index contributed by atoms with van der Waals surface area (Å²) in [5.74, 6) is -0.236. The molecule has 1 atom stereocenters. The lowest BCUT2D eigenvalue weighted by Crippen LogP contribution is -2.36. The average molecular weight is 441 g/mol. The summed E-state index contributed by atoms with van der Waals surface area (Å²) < 4.78 is 15.8. The molecule has 7 nitrogen and oxygen atoms in total. The summed E-state index contributed by atoms with van der Waals surface area (Å²) in [6.07, 6.45) is 4.59. The second-order valence-electron chi connectivity index (χ2n) is 9.15. The molecule has 1 aliphatic heterocycles. The number of rotatable bonds is 5. The molecule has 0 bridgehead atoms. The number of nitrogens with one attached hydrogen (secondary N) is 1. The molecule has 2 aromatic rings. The van der Waals surface area contributed by atoms with Crippen LogP contribution >= 0.6 is 0 Å². The first-order valence-electron chi connectivity index (χ1n) is 10.9. The summed E-state index contributed by atoms with van der Waals surface area (Å²) in [5.41, 5.74) is 1.25. The molecule has 0 saturated carbocycles. The molecule has 0 aliphatic carbocycles. The van der Waals surface area contributed by atoms with Crippen LogP contribution in [-0.2, 0) is 19.0 Å². The van der Waals surface area contributed by atoms with E-state index in [0.29, 0.717) is 26.1 Å². The Labute approximate surface area is 189 Å². The first kappa shape index (κ1) is 23.7. The SMILES string of the molecule is COC(=O)C1(/C=C/c2ccc3ccc([C@@H](C)NC(=O)OC(C)(C)C)nc3c2)CCOCC1. The maximum absolute atomic E-state index is 12.4. The molecule has 1 saturated heterocycles. The first-order chi connectivity index (χ1) is 15.1.